The maximum atomic E-state index is 5.72. The number of nitrogens with two attached hydrogens (primary N) is 1. The summed E-state index contributed by atoms with van der Waals surface area (Å²) in [5, 5.41) is 1.13. The minimum Gasteiger partial charge on any atom is -0.397 e. The quantitative estimate of drug-likeness (QED) is 0.646. The van der Waals surface area contributed by atoms with Crippen LogP contribution in [0.15, 0.2) is 28.9 Å². The largest absolute Gasteiger partial charge is 0.397 e. The van der Waals surface area contributed by atoms with Gasteiger partial charge in [0.15, 0.2) is 0 Å². The Morgan fingerprint density at radius 3 is 2.82 bits per heavy atom. The van der Waals surface area contributed by atoms with E-state index in [1.165, 1.54) is 0 Å². The molecule has 1 aromatic heterocycles. The first-order valence-corrected chi connectivity index (χ1v) is 4.09. The number of benzene rings is 1. The van der Waals surface area contributed by atoms with Crippen molar-refractivity contribution in [3.63, 3.8) is 0 Å². The van der Waals surface area contributed by atoms with Crippen molar-refractivity contribution in [3.8, 4) is 0 Å². The molecule has 3 heteroatoms. The smallest absolute Gasteiger partial charge is 0.0698 e. The molecule has 0 radical (unpaired) electrons. The molecule has 1 heterocycles. The molecule has 0 atom stereocenters. The highest BCUT2D eigenvalue weighted by Crippen LogP contribution is 2.26. The summed E-state index contributed by atoms with van der Waals surface area (Å²) < 4.78 is 1.07. The summed E-state index contributed by atoms with van der Waals surface area (Å²) in [6.45, 7) is 0. The fourth-order valence-corrected chi connectivity index (χ4v) is 1.61. The third kappa shape index (κ3) is 0.922. The van der Waals surface area contributed by atoms with Crippen LogP contribution in [0, 0.1) is 0 Å². The van der Waals surface area contributed by atoms with Gasteiger partial charge in [-0.1, -0.05) is 15.9 Å². The number of nitrogen functional groups attached to an aromatic ring is 1. The molecule has 2 aromatic rings. The summed E-state index contributed by atoms with van der Waals surface area (Å²) in [4.78, 5) is 3.07. The van der Waals surface area contributed by atoms with E-state index in [-0.39, 0.29) is 0 Å². The van der Waals surface area contributed by atoms with Crippen molar-refractivity contribution in [1.29, 1.82) is 0 Å². The third-order valence-corrected chi connectivity index (χ3v) is 2.39. The molecule has 3 N–H and O–H groups in total. The fraction of sp³-hybridized carbons (Fsp3) is 0. The van der Waals surface area contributed by atoms with Gasteiger partial charge in [-0.2, -0.15) is 0 Å². The van der Waals surface area contributed by atoms with Crippen LogP contribution in [-0.2, 0) is 0 Å². The van der Waals surface area contributed by atoms with Crippen LogP contribution < -0.4 is 5.73 Å². The monoisotopic (exact) mass is 210 g/mol. The second-order valence-corrected chi connectivity index (χ2v) is 3.26. The Bertz CT molecular complexity index is 356. The number of nitrogens with one attached hydrogen (secondary N) is 1. The van der Waals surface area contributed by atoms with Crippen molar-refractivity contribution in [2.45, 2.75) is 0 Å². The maximum absolute atomic E-state index is 5.72. The molecule has 56 valence electrons. The van der Waals surface area contributed by atoms with Crippen LogP contribution in [-0.4, -0.2) is 4.98 Å². The first-order chi connectivity index (χ1) is 5.29. The van der Waals surface area contributed by atoms with Gasteiger partial charge in [0.1, 0.15) is 0 Å². The molecule has 11 heavy (non-hydrogen) atoms. The Morgan fingerprint density at radius 1 is 1.27 bits per heavy atom. The molecule has 0 aliphatic rings. The molecular formula is C8H7BrN2. The van der Waals surface area contributed by atoms with Crippen LogP contribution in [0.4, 0.5) is 5.69 Å². The number of hydrogen-bond donors (Lipinski definition) is 2. The highest BCUT2D eigenvalue weighted by molar-refractivity contribution is 9.10. The average molecular weight is 211 g/mol. The predicted molar refractivity (Wildman–Crippen MR) is 50.4 cm³/mol. The Morgan fingerprint density at radius 2 is 2.09 bits per heavy atom. The summed E-state index contributed by atoms with van der Waals surface area (Å²) in [5.41, 5.74) is 7.50. The highest BCUT2D eigenvalue weighted by Gasteiger charge is 2.00. The van der Waals surface area contributed by atoms with Crippen LogP contribution in [0.1, 0.15) is 0 Å². The zero-order chi connectivity index (χ0) is 7.84. The molecule has 0 unspecified atom stereocenters. The molecule has 2 rings (SSSR count). The molecule has 0 amide bonds. The van der Waals surface area contributed by atoms with Gasteiger partial charge in [0.25, 0.3) is 0 Å². The number of aromatic amines is 1. The summed E-state index contributed by atoms with van der Waals surface area (Å²) in [5.74, 6) is 0. The fourth-order valence-electron chi connectivity index (χ4n) is 1.14. The Kier molecular flexibility index (Phi) is 1.39. The van der Waals surface area contributed by atoms with Gasteiger partial charge in [-0.3, -0.25) is 0 Å². The van der Waals surface area contributed by atoms with E-state index in [9.17, 15) is 0 Å². The normalized spacial score (nSPS) is 10.6. The van der Waals surface area contributed by atoms with Gasteiger partial charge in [-0.25, -0.2) is 0 Å². The topological polar surface area (TPSA) is 41.8 Å². The van der Waals surface area contributed by atoms with Crippen LogP contribution in [0.5, 0.6) is 0 Å². The van der Waals surface area contributed by atoms with Gasteiger partial charge in [0.2, 0.25) is 0 Å². The predicted octanol–water partition coefficient (Wildman–Crippen LogP) is 2.51. The lowest BCUT2D eigenvalue weighted by Crippen LogP contribution is -1.85. The van der Waals surface area contributed by atoms with Crippen molar-refractivity contribution < 1.29 is 0 Å². The first-order valence-electron chi connectivity index (χ1n) is 3.30. The van der Waals surface area contributed by atoms with Gasteiger partial charge >= 0.3 is 0 Å². The average Bonchev–Trinajstić information content (AvgIpc) is 2.45. The van der Waals surface area contributed by atoms with Crippen molar-refractivity contribution in [2.24, 2.45) is 0 Å². The van der Waals surface area contributed by atoms with Crippen molar-refractivity contribution in [2.75, 3.05) is 5.73 Å². The van der Waals surface area contributed by atoms with E-state index >= 15 is 0 Å². The molecule has 0 saturated carbocycles. The molecule has 0 fully saturated rings. The molecular weight excluding hydrogens is 204 g/mol. The molecule has 0 bridgehead atoms. The van der Waals surface area contributed by atoms with Gasteiger partial charge in [0.05, 0.1) is 11.2 Å². The van der Waals surface area contributed by atoms with E-state index in [2.05, 4.69) is 20.9 Å². The third-order valence-electron chi connectivity index (χ3n) is 1.70. The molecule has 0 spiro atoms. The van der Waals surface area contributed by atoms with Crippen molar-refractivity contribution in [3.05, 3.63) is 28.9 Å². The minimum absolute atomic E-state index is 0.785. The Hall–Kier alpha value is -0.960. The highest BCUT2D eigenvalue weighted by atomic mass is 79.9. The van der Waals surface area contributed by atoms with Crippen LogP contribution in [0.3, 0.4) is 0 Å². The van der Waals surface area contributed by atoms with E-state index < -0.39 is 0 Å². The van der Waals surface area contributed by atoms with Gasteiger partial charge in [-0.15, -0.1) is 0 Å². The number of H-pyrrole nitrogens is 1. The molecule has 1 aromatic carbocycles. The number of anilines is 1. The lowest BCUT2D eigenvalue weighted by Gasteiger charge is -1.96. The second kappa shape index (κ2) is 2.27. The zero-order valence-electron chi connectivity index (χ0n) is 5.76. The summed E-state index contributed by atoms with van der Waals surface area (Å²) in [6, 6.07) is 5.82. The second-order valence-electron chi connectivity index (χ2n) is 2.40. The zero-order valence-corrected chi connectivity index (χ0v) is 7.35. The lowest BCUT2D eigenvalue weighted by atomic mass is 10.2. The van der Waals surface area contributed by atoms with E-state index in [0.717, 1.165) is 21.1 Å². The molecule has 0 aliphatic heterocycles. The Balaban J connectivity index is 2.96. The van der Waals surface area contributed by atoms with Gasteiger partial charge < -0.3 is 10.7 Å². The van der Waals surface area contributed by atoms with Gasteiger partial charge in [0, 0.05) is 16.1 Å². The van der Waals surface area contributed by atoms with Crippen molar-refractivity contribution in [1.82, 2.24) is 4.98 Å². The molecule has 0 saturated heterocycles. The number of halogens is 1. The molecule has 2 nitrogen and oxygen atoms in total. The number of rotatable bonds is 0. The summed E-state index contributed by atoms with van der Waals surface area (Å²) in [6.07, 6.45) is 1.88. The SMILES string of the molecule is Nc1ccc(Br)c2cc[nH]c12. The number of aromatic nitrogens is 1. The standard InChI is InChI=1S/C8H7BrN2/c9-6-1-2-7(10)8-5(6)3-4-11-8/h1-4,11H,10H2. The maximum Gasteiger partial charge on any atom is 0.0698 e. The van der Waals surface area contributed by atoms with Crippen LogP contribution in [0.2, 0.25) is 0 Å². The van der Waals surface area contributed by atoms with Crippen LogP contribution in [0.25, 0.3) is 10.9 Å². The minimum atomic E-state index is 0.785. The summed E-state index contributed by atoms with van der Waals surface area (Å²) >= 11 is 3.43. The first kappa shape index (κ1) is 6.73. The lowest BCUT2D eigenvalue weighted by molar-refractivity contribution is 1.48. The Labute approximate surface area is 72.5 Å². The number of hydrogen-bond acceptors (Lipinski definition) is 1. The van der Waals surface area contributed by atoms with E-state index in [1.807, 2.05) is 24.4 Å². The van der Waals surface area contributed by atoms with E-state index in [4.69, 9.17) is 5.73 Å². The van der Waals surface area contributed by atoms with E-state index in [1.54, 1.807) is 0 Å². The number of fused-ring (bicyclic) bond motifs is 1. The van der Waals surface area contributed by atoms with Gasteiger partial charge in [-0.05, 0) is 18.2 Å². The molecule has 0 aliphatic carbocycles. The summed E-state index contributed by atoms with van der Waals surface area (Å²) in [7, 11) is 0. The van der Waals surface area contributed by atoms with Crippen molar-refractivity contribution >= 4 is 32.5 Å². The van der Waals surface area contributed by atoms with Crippen LogP contribution >= 0.6 is 15.9 Å². The van der Waals surface area contributed by atoms with E-state index in [0.29, 0.717) is 0 Å².